The summed E-state index contributed by atoms with van der Waals surface area (Å²) in [4.78, 5) is 39.1. The molecule has 2 aromatic rings. The fourth-order valence-corrected chi connectivity index (χ4v) is 1.73. The highest BCUT2D eigenvalue weighted by molar-refractivity contribution is 5.94. The van der Waals surface area contributed by atoms with Crippen molar-refractivity contribution in [3.8, 4) is 0 Å². The monoisotopic (exact) mass is 279 g/mol. The average molecular weight is 279 g/mol. The van der Waals surface area contributed by atoms with E-state index >= 15 is 0 Å². The SMILES string of the molecule is CC(=O)NC(N)=Nn1c(=O)c2c(ncn2C)n(C)c1=O. The van der Waals surface area contributed by atoms with E-state index in [0.717, 1.165) is 0 Å². The van der Waals surface area contributed by atoms with E-state index in [2.05, 4.69) is 15.4 Å². The Bertz CT molecular complexity index is 839. The number of guanidine groups is 1. The maximum atomic E-state index is 12.2. The Labute approximate surface area is 112 Å². The first-order chi connectivity index (χ1) is 9.32. The van der Waals surface area contributed by atoms with Gasteiger partial charge in [-0.3, -0.25) is 19.5 Å². The van der Waals surface area contributed by atoms with Crippen LogP contribution in [0.3, 0.4) is 0 Å². The van der Waals surface area contributed by atoms with E-state index in [1.807, 2.05) is 0 Å². The van der Waals surface area contributed by atoms with E-state index in [-0.39, 0.29) is 17.1 Å². The van der Waals surface area contributed by atoms with Gasteiger partial charge in [-0.05, 0) is 0 Å². The lowest BCUT2D eigenvalue weighted by molar-refractivity contribution is -0.117. The largest absolute Gasteiger partial charge is 0.368 e. The number of fused-ring (bicyclic) bond motifs is 1. The van der Waals surface area contributed by atoms with Crippen LogP contribution in [0.4, 0.5) is 0 Å². The summed E-state index contributed by atoms with van der Waals surface area (Å²) in [5, 5.41) is 5.80. The quantitative estimate of drug-likeness (QED) is 0.446. The summed E-state index contributed by atoms with van der Waals surface area (Å²) < 4.78 is 3.22. The van der Waals surface area contributed by atoms with E-state index in [9.17, 15) is 14.4 Å². The van der Waals surface area contributed by atoms with Crippen LogP contribution in [0.2, 0.25) is 0 Å². The Balaban J connectivity index is 2.77. The van der Waals surface area contributed by atoms with Crippen LogP contribution in [-0.2, 0) is 18.9 Å². The third-order valence-corrected chi connectivity index (χ3v) is 2.61. The molecule has 106 valence electrons. The molecule has 10 nitrogen and oxygen atoms in total. The molecule has 2 rings (SSSR count). The molecule has 0 aliphatic carbocycles. The zero-order valence-electron chi connectivity index (χ0n) is 11.1. The Morgan fingerprint density at radius 2 is 2.05 bits per heavy atom. The molecule has 20 heavy (non-hydrogen) atoms. The Morgan fingerprint density at radius 3 is 2.65 bits per heavy atom. The average Bonchev–Trinajstić information content (AvgIpc) is 2.73. The van der Waals surface area contributed by atoms with Gasteiger partial charge < -0.3 is 10.3 Å². The summed E-state index contributed by atoms with van der Waals surface area (Å²) in [6.45, 7) is 1.23. The first-order valence-electron chi connectivity index (χ1n) is 5.58. The predicted molar refractivity (Wildman–Crippen MR) is 71.1 cm³/mol. The van der Waals surface area contributed by atoms with Crippen molar-refractivity contribution in [3.63, 3.8) is 0 Å². The fraction of sp³-hybridized carbons (Fsp3) is 0.300. The third-order valence-electron chi connectivity index (χ3n) is 2.61. The minimum absolute atomic E-state index is 0.200. The molecule has 0 fully saturated rings. The zero-order valence-corrected chi connectivity index (χ0v) is 11.1. The molecule has 0 spiro atoms. The topological polar surface area (TPSA) is 129 Å². The summed E-state index contributed by atoms with van der Waals surface area (Å²) in [6.07, 6.45) is 1.41. The fourth-order valence-electron chi connectivity index (χ4n) is 1.73. The van der Waals surface area contributed by atoms with E-state index in [4.69, 9.17) is 5.73 Å². The number of hydrogen-bond donors (Lipinski definition) is 2. The van der Waals surface area contributed by atoms with E-state index in [1.54, 1.807) is 7.05 Å². The lowest BCUT2D eigenvalue weighted by Gasteiger charge is -2.05. The molecule has 2 heterocycles. The van der Waals surface area contributed by atoms with Crippen LogP contribution in [0.1, 0.15) is 6.92 Å². The molecule has 0 saturated heterocycles. The molecule has 0 bridgehead atoms. The summed E-state index contributed by atoms with van der Waals surface area (Å²) in [7, 11) is 3.07. The third kappa shape index (κ3) is 2.06. The van der Waals surface area contributed by atoms with Crippen molar-refractivity contribution in [3.05, 3.63) is 27.2 Å². The van der Waals surface area contributed by atoms with Crippen molar-refractivity contribution >= 4 is 23.0 Å². The Hall–Kier alpha value is -2.91. The van der Waals surface area contributed by atoms with E-state index in [0.29, 0.717) is 4.68 Å². The summed E-state index contributed by atoms with van der Waals surface area (Å²) in [6, 6.07) is 0. The molecule has 1 amide bonds. The van der Waals surface area contributed by atoms with Gasteiger partial charge in [-0.25, -0.2) is 9.78 Å². The lowest BCUT2D eigenvalue weighted by atomic mass is 10.5. The van der Waals surface area contributed by atoms with Crippen LogP contribution < -0.4 is 22.3 Å². The van der Waals surface area contributed by atoms with Crippen molar-refractivity contribution in [1.82, 2.24) is 24.1 Å². The van der Waals surface area contributed by atoms with Crippen LogP contribution in [0, 0.1) is 0 Å². The Kier molecular flexibility index (Phi) is 3.14. The second kappa shape index (κ2) is 4.64. The number of carbonyl (C=O) groups is 1. The standard InChI is InChI=1S/C10H13N7O3/c1-5(18)13-9(11)14-17-8(19)6-7(12-4-15(6)2)16(3)10(17)20/h4H,1-3H3,(H3,11,13,14,18). The number of nitrogens with two attached hydrogens (primary N) is 1. The molecule has 10 heteroatoms. The Morgan fingerprint density at radius 1 is 1.40 bits per heavy atom. The highest BCUT2D eigenvalue weighted by atomic mass is 16.2. The van der Waals surface area contributed by atoms with Crippen LogP contribution in [-0.4, -0.2) is 30.7 Å². The number of nitrogens with zero attached hydrogens (tertiary/aromatic N) is 5. The highest BCUT2D eigenvalue weighted by Crippen LogP contribution is 2.02. The molecule has 3 N–H and O–H groups in total. The number of nitrogens with one attached hydrogen (secondary N) is 1. The first kappa shape index (κ1) is 13.5. The second-order valence-electron chi connectivity index (χ2n) is 4.15. The number of hydrogen-bond acceptors (Lipinski definition) is 5. The summed E-state index contributed by atoms with van der Waals surface area (Å²) in [5.74, 6) is -0.809. The molecule has 0 aliphatic rings. The van der Waals surface area contributed by atoms with Gasteiger partial charge in [0, 0.05) is 21.0 Å². The van der Waals surface area contributed by atoms with Crippen molar-refractivity contribution in [2.45, 2.75) is 6.92 Å². The zero-order chi connectivity index (χ0) is 15.0. The van der Waals surface area contributed by atoms with Gasteiger partial charge >= 0.3 is 11.2 Å². The molecule has 0 aliphatic heterocycles. The lowest BCUT2D eigenvalue weighted by Crippen LogP contribution is -2.42. The number of imidazole rings is 1. The van der Waals surface area contributed by atoms with Crippen LogP contribution in [0.5, 0.6) is 0 Å². The summed E-state index contributed by atoms with van der Waals surface area (Å²) in [5.41, 5.74) is 4.50. The van der Waals surface area contributed by atoms with E-state index < -0.39 is 17.2 Å². The highest BCUT2D eigenvalue weighted by Gasteiger charge is 2.14. The minimum atomic E-state index is -0.713. The van der Waals surface area contributed by atoms with Gasteiger partial charge in [0.15, 0.2) is 11.2 Å². The second-order valence-corrected chi connectivity index (χ2v) is 4.15. The number of amides is 1. The van der Waals surface area contributed by atoms with Gasteiger partial charge in [0.25, 0.3) is 0 Å². The number of aromatic nitrogens is 4. The van der Waals surface area contributed by atoms with Crippen LogP contribution >= 0.6 is 0 Å². The molecule has 0 radical (unpaired) electrons. The molecular formula is C10H13N7O3. The van der Waals surface area contributed by atoms with Crippen LogP contribution in [0.15, 0.2) is 21.0 Å². The number of rotatable bonds is 1. The van der Waals surface area contributed by atoms with Gasteiger partial charge in [0.05, 0.1) is 6.33 Å². The number of aryl methyl sites for hydroxylation is 2. The first-order valence-corrected chi connectivity index (χ1v) is 5.58. The van der Waals surface area contributed by atoms with Gasteiger partial charge in [0.2, 0.25) is 11.9 Å². The maximum Gasteiger partial charge on any atom is 0.353 e. The van der Waals surface area contributed by atoms with E-state index in [1.165, 1.54) is 29.4 Å². The van der Waals surface area contributed by atoms with Crippen molar-refractivity contribution < 1.29 is 4.79 Å². The number of carbonyl (C=O) groups excluding carboxylic acids is 1. The molecule has 0 atom stereocenters. The minimum Gasteiger partial charge on any atom is -0.368 e. The van der Waals surface area contributed by atoms with Crippen molar-refractivity contribution in [2.75, 3.05) is 0 Å². The van der Waals surface area contributed by atoms with Crippen molar-refractivity contribution in [1.29, 1.82) is 0 Å². The summed E-state index contributed by atoms with van der Waals surface area (Å²) >= 11 is 0. The van der Waals surface area contributed by atoms with Crippen molar-refractivity contribution in [2.24, 2.45) is 24.9 Å². The molecule has 0 aromatic carbocycles. The molecular weight excluding hydrogens is 266 g/mol. The maximum absolute atomic E-state index is 12.2. The molecule has 0 unspecified atom stereocenters. The van der Waals surface area contributed by atoms with Gasteiger partial charge in [-0.1, -0.05) is 0 Å². The predicted octanol–water partition coefficient (Wildman–Crippen LogP) is -2.35. The van der Waals surface area contributed by atoms with Gasteiger partial charge in [-0.15, -0.1) is 9.78 Å². The van der Waals surface area contributed by atoms with Gasteiger partial charge in [0.1, 0.15) is 0 Å². The molecule has 0 saturated carbocycles. The normalized spacial score (nSPS) is 11.8. The molecule has 2 aromatic heterocycles. The van der Waals surface area contributed by atoms with Gasteiger partial charge in [-0.2, -0.15) is 0 Å². The van der Waals surface area contributed by atoms with Crippen LogP contribution in [0.25, 0.3) is 11.2 Å². The smallest absolute Gasteiger partial charge is 0.353 e.